The monoisotopic (exact) mass is 307 g/mol. The van der Waals surface area contributed by atoms with Crippen LogP contribution in [0.15, 0.2) is 24.3 Å². The maximum absolute atomic E-state index is 13.0. The molecule has 0 aliphatic carbocycles. The van der Waals surface area contributed by atoms with E-state index in [1.54, 1.807) is 12.1 Å². The van der Waals surface area contributed by atoms with Crippen molar-refractivity contribution in [2.24, 2.45) is 0 Å². The molecular weight excluding hydrogens is 285 g/mol. The molecule has 0 saturated carbocycles. The fraction of sp³-hybridized carbons (Fsp3) is 0.529. The van der Waals surface area contributed by atoms with Crippen LogP contribution in [0.3, 0.4) is 0 Å². The van der Waals surface area contributed by atoms with E-state index in [2.05, 4.69) is 4.74 Å². The number of halogens is 1. The number of hydrogen-bond acceptors (Lipinski definition) is 3. The Kier molecular flexibility index (Phi) is 5.52. The van der Waals surface area contributed by atoms with E-state index in [1.807, 2.05) is 11.8 Å². The van der Waals surface area contributed by atoms with Crippen LogP contribution in [-0.2, 0) is 14.3 Å². The summed E-state index contributed by atoms with van der Waals surface area (Å²) in [5, 5.41) is 0. The van der Waals surface area contributed by atoms with Gasteiger partial charge in [0, 0.05) is 31.3 Å². The molecule has 1 aromatic carbocycles. The molecule has 1 saturated heterocycles. The standard InChI is InChI=1S/C17H22FNO3/c1-12-10-14(13-6-8-15(18)9-7-13)11-19(12)16(20)4-3-5-17(21)22-2/h6-9,12,14H,3-5,10-11H2,1-2H3/t12-,14+/m1/s1. The maximum Gasteiger partial charge on any atom is 0.305 e. The fourth-order valence-corrected chi connectivity index (χ4v) is 2.98. The van der Waals surface area contributed by atoms with E-state index in [-0.39, 0.29) is 36.1 Å². The molecule has 0 radical (unpaired) electrons. The van der Waals surface area contributed by atoms with Gasteiger partial charge >= 0.3 is 5.97 Å². The van der Waals surface area contributed by atoms with Crippen molar-refractivity contribution in [1.29, 1.82) is 0 Å². The zero-order chi connectivity index (χ0) is 16.1. The first-order valence-electron chi connectivity index (χ1n) is 7.63. The van der Waals surface area contributed by atoms with Gasteiger partial charge in [0.15, 0.2) is 0 Å². The van der Waals surface area contributed by atoms with Gasteiger partial charge in [-0.05, 0) is 37.5 Å². The van der Waals surface area contributed by atoms with E-state index in [1.165, 1.54) is 19.2 Å². The minimum absolute atomic E-state index is 0.0704. The Morgan fingerprint density at radius 3 is 2.59 bits per heavy atom. The lowest BCUT2D eigenvalue weighted by Crippen LogP contribution is -2.33. The molecule has 1 amide bonds. The highest BCUT2D eigenvalue weighted by molar-refractivity contribution is 5.78. The molecule has 2 atom stereocenters. The molecule has 4 nitrogen and oxygen atoms in total. The molecule has 0 aromatic heterocycles. The average molecular weight is 307 g/mol. The first kappa shape index (κ1) is 16.5. The molecule has 1 fully saturated rings. The Morgan fingerprint density at radius 1 is 1.27 bits per heavy atom. The number of benzene rings is 1. The molecule has 0 spiro atoms. The Bertz CT molecular complexity index is 529. The van der Waals surface area contributed by atoms with Crippen molar-refractivity contribution < 1.29 is 18.7 Å². The van der Waals surface area contributed by atoms with Gasteiger partial charge in [0.2, 0.25) is 5.91 Å². The Labute approximate surface area is 130 Å². The summed E-state index contributed by atoms with van der Waals surface area (Å²) >= 11 is 0. The molecule has 1 aliphatic rings. The van der Waals surface area contributed by atoms with Crippen molar-refractivity contribution in [2.45, 2.75) is 44.6 Å². The van der Waals surface area contributed by atoms with Gasteiger partial charge in [0.25, 0.3) is 0 Å². The lowest BCUT2D eigenvalue weighted by atomic mass is 9.97. The van der Waals surface area contributed by atoms with Crippen LogP contribution in [-0.4, -0.2) is 36.5 Å². The van der Waals surface area contributed by atoms with Gasteiger partial charge in [0.05, 0.1) is 7.11 Å². The lowest BCUT2D eigenvalue weighted by molar-refractivity contribution is -0.140. The van der Waals surface area contributed by atoms with Gasteiger partial charge in [0.1, 0.15) is 5.82 Å². The molecule has 0 N–H and O–H groups in total. The van der Waals surface area contributed by atoms with Gasteiger partial charge in [-0.1, -0.05) is 12.1 Å². The zero-order valence-electron chi connectivity index (χ0n) is 13.0. The van der Waals surface area contributed by atoms with Crippen LogP contribution < -0.4 is 0 Å². The van der Waals surface area contributed by atoms with Crippen LogP contribution in [0.4, 0.5) is 4.39 Å². The summed E-state index contributed by atoms with van der Waals surface area (Å²) in [5.41, 5.74) is 1.07. The number of carbonyl (C=O) groups is 2. The summed E-state index contributed by atoms with van der Waals surface area (Å²) in [6.07, 6.45) is 2.02. The van der Waals surface area contributed by atoms with E-state index >= 15 is 0 Å². The Hall–Kier alpha value is -1.91. The van der Waals surface area contributed by atoms with Crippen LogP contribution in [0.5, 0.6) is 0 Å². The second-order valence-electron chi connectivity index (χ2n) is 5.81. The quantitative estimate of drug-likeness (QED) is 0.786. The number of hydrogen-bond donors (Lipinski definition) is 0. The third kappa shape index (κ3) is 4.06. The maximum atomic E-state index is 13.0. The third-order valence-corrected chi connectivity index (χ3v) is 4.24. The fourth-order valence-electron chi connectivity index (χ4n) is 2.98. The molecule has 120 valence electrons. The zero-order valence-corrected chi connectivity index (χ0v) is 13.0. The smallest absolute Gasteiger partial charge is 0.305 e. The average Bonchev–Trinajstić information content (AvgIpc) is 2.89. The molecular formula is C17H22FNO3. The second kappa shape index (κ2) is 7.38. The summed E-state index contributed by atoms with van der Waals surface area (Å²) in [7, 11) is 1.35. The number of esters is 1. The molecule has 22 heavy (non-hydrogen) atoms. The van der Waals surface area contributed by atoms with E-state index in [0.29, 0.717) is 19.4 Å². The van der Waals surface area contributed by atoms with Crippen LogP contribution in [0, 0.1) is 5.82 Å². The number of methoxy groups -OCH3 is 1. The predicted molar refractivity (Wildman–Crippen MR) is 80.8 cm³/mol. The first-order valence-corrected chi connectivity index (χ1v) is 7.63. The highest BCUT2D eigenvalue weighted by Crippen LogP contribution is 2.32. The van der Waals surface area contributed by atoms with Crippen molar-refractivity contribution in [3.63, 3.8) is 0 Å². The van der Waals surface area contributed by atoms with Crippen LogP contribution in [0.1, 0.15) is 44.1 Å². The summed E-state index contributed by atoms with van der Waals surface area (Å²) in [5.74, 6) is -0.210. The van der Waals surface area contributed by atoms with Crippen LogP contribution in [0.25, 0.3) is 0 Å². The normalized spacial score (nSPS) is 21.0. The van der Waals surface area contributed by atoms with Crippen molar-refractivity contribution in [2.75, 3.05) is 13.7 Å². The van der Waals surface area contributed by atoms with Gasteiger partial charge < -0.3 is 9.64 Å². The largest absolute Gasteiger partial charge is 0.469 e. The molecule has 1 heterocycles. The Balaban J connectivity index is 1.88. The summed E-state index contributed by atoms with van der Waals surface area (Å²) < 4.78 is 17.6. The van der Waals surface area contributed by atoms with E-state index in [9.17, 15) is 14.0 Å². The number of rotatable bonds is 5. The number of nitrogens with zero attached hydrogens (tertiary/aromatic N) is 1. The Morgan fingerprint density at radius 2 is 1.95 bits per heavy atom. The number of likely N-dealkylation sites (tertiary alicyclic amines) is 1. The molecule has 0 bridgehead atoms. The van der Waals surface area contributed by atoms with E-state index < -0.39 is 0 Å². The molecule has 1 aliphatic heterocycles. The van der Waals surface area contributed by atoms with Crippen molar-refractivity contribution >= 4 is 11.9 Å². The van der Waals surface area contributed by atoms with Gasteiger partial charge in [-0.15, -0.1) is 0 Å². The van der Waals surface area contributed by atoms with Crippen LogP contribution in [0.2, 0.25) is 0 Å². The van der Waals surface area contributed by atoms with Crippen molar-refractivity contribution in [3.05, 3.63) is 35.6 Å². The number of amides is 1. The van der Waals surface area contributed by atoms with E-state index in [4.69, 9.17) is 0 Å². The van der Waals surface area contributed by atoms with Gasteiger partial charge in [-0.2, -0.15) is 0 Å². The van der Waals surface area contributed by atoms with Crippen molar-refractivity contribution in [1.82, 2.24) is 4.90 Å². The lowest BCUT2D eigenvalue weighted by Gasteiger charge is -2.21. The number of ether oxygens (including phenoxy) is 1. The van der Waals surface area contributed by atoms with Gasteiger partial charge in [-0.25, -0.2) is 4.39 Å². The summed E-state index contributed by atoms with van der Waals surface area (Å²) in [4.78, 5) is 25.2. The van der Waals surface area contributed by atoms with Gasteiger partial charge in [-0.3, -0.25) is 9.59 Å². The molecule has 5 heteroatoms. The SMILES string of the molecule is COC(=O)CCCC(=O)N1C[C@@H](c2ccc(F)cc2)C[C@H]1C. The third-order valence-electron chi connectivity index (χ3n) is 4.24. The minimum atomic E-state index is -0.286. The van der Waals surface area contributed by atoms with E-state index in [0.717, 1.165) is 12.0 Å². The number of carbonyl (C=O) groups excluding carboxylic acids is 2. The second-order valence-corrected chi connectivity index (χ2v) is 5.81. The minimum Gasteiger partial charge on any atom is -0.469 e. The topological polar surface area (TPSA) is 46.6 Å². The van der Waals surface area contributed by atoms with Crippen LogP contribution >= 0.6 is 0 Å². The highest BCUT2D eigenvalue weighted by Gasteiger charge is 2.32. The summed E-state index contributed by atoms with van der Waals surface area (Å²) in [6.45, 7) is 2.69. The first-order chi connectivity index (χ1) is 10.5. The summed E-state index contributed by atoms with van der Waals surface area (Å²) in [6, 6.07) is 6.66. The molecule has 1 aromatic rings. The highest BCUT2D eigenvalue weighted by atomic mass is 19.1. The predicted octanol–water partition coefficient (Wildman–Crippen LogP) is 2.87. The van der Waals surface area contributed by atoms with Crippen molar-refractivity contribution in [3.8, 4) is 0 Å². The molecule has 2 rings (SSSR count). The molecule has 0 unspecified atom stereocenters.